The van der Waals surface area contributed by atoms with Gasteiger partial charge in [0.05, 0.1) is 6.61 Å². The van der Waals surface area contributed by atoms with Gasteiger partial charge in [-0.1, -0.05) is 52.4 Å². The van der Waals surface area contributed by atoms with Crippen molar-refractivity contribution in [2.45, 2.75) is 110 Å². The molecule has 0 aromatic rings. The predicted octanol–water partition coefficient (Wildman–Crippen LogP) is 7.40. The van der Waals surface area contributed by atoms with Gasteiger partial charge in [0.25, 0.3) is 0 Å². The fourth-order valence-corrected chi connectivity index (χ4v) is 24.0. The fourth-order valence-electron chi connectivity index (χ4n) is 4.39. The first-order valence-electron chi connectivity index (χ1n) is 12.3. The Kier molecular flexibility index (Phi) is 14.7. The Hall–Kier alpha value is -0.219. The molecule has 0 aromatic heterocycles. The molecule has 0 fully saturated rings. The van der Waals surface area contributed by atoms with Gasteiger partial charge in [0, 0.05) is 26.9 Å². The van der Waals surface area contributed by atoms with Gasteiger partial charge in [-0.3, -0.25) is 0 Å². The zero-order valence-electron chi connectivity index (χ0n) is 22.2. The number of esters is 1. The van der Waals surface area contributed by atoms with E-state index in [4.69, 9.17) is 13.6 Å². The number of rotatable bonds is 18. The maximum absolute atomic E-state index is 11.4. The van der Waals surface area contributed by atoms with Crippen molar-refractivity contribution >= 4 is 30.7 Å². The quantitative estimate of drug-likeness (QED) is 0.0872. The molecule has 0 amide bonds. The molecule has 0 saturated carbocycles. The van der Waals surface area contributed by atoms with Crippen LogP contribution in [-0.4, -0.2) is 50.5 Å². The second kappa shape index (κ2) is 14.8. The third-order valence-corrected chi connectivity index (χ3v) is 20.5. The molecule has 0 aliphatic heterocycles. The highest BCUT2D eigenvalue weighted by Gasteiger charge is 2.37. The van der Waals surface area contributed by atoms with Gasteiger partial charge in [0.2, 0.25) is 0 Å². The molecule has 0 rings (SSSR count). The highest BCUT2D eigenvalue weighted by Crippen LogP contribution is 2.29. The summed E-state index contributed by atoms with van der Waals surface area (Å²) in [5, 5.41) is 0. The highest BCUT2D eigenvalue weighted by molar-refractivity contribution is 6.96. The van der Waals surface area contributed by atoms with E-state index in [2.05, 4.69) is 59.7 Å². The van der Waals surface area contributed by atoms with Crippen LogP contribution in [0.4, 0.5) is 0 Å². The Bertz CT molecular complexity index is 533. The van der Waals surface area contributed by atoms with Crippen LogP contribution in [0.25, 0.3) is 0 Å². The van der Waals surface area contributed by atoms with Gasteiger partial charge >= 0.3 is 5.97 Å². The van der Waals surface area contributed by atoms with Gasteiger partial charge < -0.3 is 13.6 Å². The molecule has 0 heterocycles. The summed E-state index contributed by atoms with van der Waals surface area (Å²) in [6.45, 7) is 26.5. The van der Waals surface area contributed by atoms with Crippen molar-refractivity contribution in [3.05, 3.63) is 12.2 Å². The number of hydrogen-bond donors (Lipinski definition) is 0. The average molecular weight is 489 g/mol. The van der Waals surface area contributed by atoms with Gasteiger partial charge in [-0.25, -0.2) is 4.79 Å². The Morgan fingerprint density at radius 3 is 2.13 bits per heavy atom. The first kappa shape index (κ1) is 30.8. The largest absolute Gasteiger partial charge is 0.462 e. The molecule has 0 aliphatic carbocycles. The van der Waals surface area contributed by atoms with Crippen LogP contribution in [0.1, 0.15) is 52.9 Å². The van der Waals surface area contributed by atoms with E-state index in [0.29, 0.717) is 18.1 Å². The molecule has 0 spiro atoms. The molecule has 1 unspecified atom stereocenters. The van der Waals surface area contributed by atoms with E-state index in [-0.39, 0.29) is 5.97 Å². The van der Waals surface area contributed by atoms with E-state index in [1.165, 1.54) is 30.6 Å². The second-order valence-corrected chi connectivity index (χ2v) is 26.0. The summed E-state index contributed by atoms with van der Waals surface area (Å²) in [6, 6.07) is 2.61. The van der Waals surface area contributed by atoms with Crippen LogP contribution in [0.3, 0.4) is 0 Å². The van der Waals surface area contributed by atoms with Crippen molar-refractivity contribution in [3.8, 4) is 0 Å². The number of unbranched alkanes of at least 4 members (excludes halogenated alkanes) is 1. The van der Waals surface area contributed by atoms with Crippen molar-refractivity contribution in [1.29, 1.82) is 0 Å². The fraction of sp³-hybridized carbons (Fsp3) is 0.875. The Balaban J connectivity index is 4.04. The maximum Gasteiger partial charge on any atom is 0.333 e. The number of carbonyl (C=O) groups excluding carboxylic acids is 1. The minimum absolute atomic E-state index is 0.296. The molecule has 31 heavy (non-hydrogen) atoms. The summed E-state index contributed by atoms with van der Waals surface area (Å²) in [4.78, 5) is 11.4. The van der Waals surface area contributed by atoms with E-state index >= 15 is 0 Å². The van der Waals surface area contributed by atoms with Crippen LogP contribution in [0.2, 0.25) is 57.0 Å². The van der Waals surface area contributed by atoms with Crippen LogP contribution < -0.4 is 0 Å². The molecule has 184 valence electrons. The molecule has 0 N–H and O–H groups in total. The lowest BCUT2D eigenvalue weighted by atomic mass is 10.1. The van der Waals surface area contributed by atoms with Crippen LogP contribution in [0, 0.1) is 5.92 Å². The average Bonchev–Trinajstić information content (AvgIpc) is 2.61. The summed E-state index contributed by atoms with van der Waals surface area (Å²) in [7, 11) is -4.38. The summed E-state index contributed by atoms with van der Waals surface area (Å²) < 4.78 is 17.9. The third kappa shape index (κ3) is 17.0. The number of ether oxygens (including phenoxy) is 2. The molecule has 0 aromatic carbocycles. The Morgan fingerprint density at radius 1 is 0.935 bits per heavy atom. The molecule has 0 aliphatic rings. The van der Waals surface area contributed by atoms with E-state index in [1.54, 1.807) is 6.92 Å². The SMILES string of the molecule is C=C(C)C(=O)OCC(C)CCCOCCC[Si](C)(C)O[Si](C)(C)C[Si](C)(C)CCCC. The summed E-state index contributed by atoms with van der Waals surface area (Å²) in [5.74, 6) is 0.0548. The zero-order chi connectivity index (χ0) is 24.1. The van der Waals surface area contributed by atoms with Gasteiger partial charge in [-0.05, 0) is 70.0 Å². The normalized spacial score (nSPS) is 13.8. The topological polar surface area (TPSA) is 44.8 Å². The van der Waals surface area contributed by atoms with Crippen molar-refractivity contribution in [2.24, 2.45) is 5.92 Å². The lowest BCUT2D eigenvalue weighted by Crippen LogP contribution is -2.49. The first-order chi connectivity index (χ1) is 14.2. The summed E-state index contributed by atoms with van der Waals surface area (Å²) in [5.41, 5.74) is 1.84. The van der Waals surface area contributed by atoms with Gasteiger partial charge in [0.1, 0.15) is 0 Å². The molecule has 4 nitrogen and oxygen atoms in total. The molecular weight excluding hydrogens is 437 g/mol. The standard InChI is InChI=1S/C24H52O4Si3/c1-11-12-18-29(5,6)21-31(9,10)28-30(7,8)19-14-17-26-16-13-15-23(4)20-27-24(25)22(2)3/h23H,2,11-21H2,1,3-10H3. The minimum Gasteiger partial charge on any atom is -0.462 e. The minimum atomic E-state index is -1.64. The van der Waals surface area contributed by atoms with E-state index in [1.807, 2.05) is 0 Å². The van der Waals surface area contributed by atoms with Crippen molar-refractivity contribution in [1.82, 2.24) is 0 Å². The zero-order valence-corrected chi connectivity index (χ0v) is 25.2. The Morgan fingerprint density at radius 2 is 1.55 bits per heavy atom. The predicted molar refractivity (Wildman–Crippen MR) is 142 cm³/mol. The smallest absolute Gasteiger partial charge is 0.333 e. The molecular formula is C24H52O4Si3. The molecule has 0 radical (unpaired) electrons. The first-order valence-corrected chi connectivity index (χ1v) is 21.9. The van der Waals surface area contributed by atoms with Gasteiger partial charge in [-0.2, -0.15) is 0 Å². The van der Waals surface area contributed by atoms with Crippen LogP contribution in [0.5, 0.6) is 0 Å². The molecule has 0 saturated heterocycles. The van der Waals surface area contributed by atoms with Crippen LogP contribution in [0.15, 0.2) is 12.2 Å². The monoisotopic (exact) mass is 488 g/mol. The van der Waals surface area contributed by atoms with Crippen molar-refractivity contribution < 1.29 is 18.4 Å². The van der Waals surface area contributed by atoms with Crippen LogP contribution in [-0.2, 0) is 18.4 Å². The molecule has 7 heteroatoms. The van der Waals surface area contributed by atoms with Gasteiger partial charge in [-0.15, -0.1) is 0 Å². The van der Waals surface area contributed by atoms with Crippen LogP contribution >= 0.6 is 0 Å². The molecule has 1 atom stereocenters. The third-order valence-electron chi connectivity index (χ3n) is 5.56. The number of carbonyl (C=O) groups is 1. The van der Waals surface area contributed by atoms with E-state index < -0.39 is 24.7 Å². The lowest BCUT2D eigenvalue weighted by Gasteiger charge is -2.38. The molecule has 0 bridgehead atoms. The van der Waals surface area contributed by atoms with Gasteiger partial charge in [0.15, 0.2) is 16.6 Å². The van der Waals surface area contributed by atoms with Crippen molar-refractivity contribution in [3.63, 3.8) is 0 Å². The van der Waals surface area contributed by atoms with Crippen molar-refractivity contribution in [2.75, 3.05) is 19.8 Å². The van der Waals surface area contributed by atoms with E-state index in [9.17, 15) is 4.79 Å². The Labute approximate surface area is 196 Å². The number of hydrogen-bond acceptors (Lipinski definition) is 4. The maximum atomic E-state index is 11.4. The van der Waals surface area contributed by atoms with E-state index in [0.717, 1.165) is 32.5 Å². The highest BCUT2D eigenvalue weighted by atomic mass is 28.4. The summed E-state index contributed by atoms with van der Waals surface area (Å²) >= 11 is 0. The summed E-state index contributed by atoms with van der Waals surface area (Å²) in [6.07, 6.45) is 5.78. The lowest BCUT2D eigenvalue weighted by molar-refractivity contribution is -0.140. The second-order valence-electron chi connectivity index (χ2n) is 11.4.